The molecule has 0 spiro atoms. The molecule has 0 aromatic heterocycles. The predicted molar refractivity (Wildman–Crippen MR) is 41.7 cm³/mol. The van der Waals surface area contributed by atoms with Gasteiger partial charge in [-0.15, -0.1) is 0 Å². The van der Waals surface area contributed by atoms with Crippen molar-refractivity contribution in [3.8, 4) is 0 Å². The van der Waals surface area contributed by atoms with Crippen LogP contribution < -0.4 is 5.73 Å². The minimum absolute atomic E-state index is 0.500. The third-order valence-electron chi connectivity index (χ3n) is 1.42. The van der Waals surface area contributed by atoms with Gasteiger partial charge in [0.15, 0.2) is 0 Å². The summed E-state index contributed by atoms with van der Waals surface area (Å²) in [5.41, 5.74) is 5.12. The molecule has 6 nitrogen and oxygen atoms in total. The normalized spacial score (nSPS) is 17.0. The Balaban J connectivity index is 4.13. The molecule has 72 valence electrons. The zero-order valence-electron chi connectivity index (χ0n) is 6.54. The second kappa shape index (κ2) is 4.00. The molecule has 0 aliphatic heterocycles. The molecule has 0 rings (SSSR count). The number of aliphatic carboxylic acids is 1. The average Bonchev–Trinajstić information content (AvgIpc) is 1.82. The quantitative estimate of drug-likeness (QED) is 0.438. The summed E-state index contributed by atoms with van der Waals surface area (Å²) in [4.78, 5) is 27.2. The first-order valence-corrected chi connectivity index (χ1v) is 5.07. The first-order chi connectivity index (χ1) is 5.24. The predicted octanol–water partition coefficient (Wildman–Crippen LogP) is -0.788. The van der Waals surface area contributed by atoms with Gasteiger partial charge in [-0.3, -0.25) is 9.36 Å². The Morgan fingerprint density at radius 1 is 1.58 bits per heavy atom. The fraction of sp³-hybridized carbons (Fsp3) is 0.800. The lowest BCUT2D eigenvalue weighted by atomic mass is 10.1. The molecule has 0 fully saturated rings. The molecule has 0 heterocycles. The number of rotatable bonds is 4. The van der Waals surface area contributed by atoms with Crippen molar-refractivity contribution in [2.75, 3.05) is 6.16 Å². The molecule has 2 atom stereocenters. The molecule has 0 saturated carbocycles. The first kappa shape index (κ1) is 11.6. The lowest BCUT2D eigenvalue weighted by molar-refractivity contribution is -0.139. The van der Waals surface area contributed by atoms with Crippen molar-refractivity contribution in [2.24, 2.45) is 11.7 Å². The fourth-order valence-electron chi connectivity index (χ4n) is 0.732. The Morgan fingerprint density at radius 2 is 2.00 bits per heavy atom. The summed E-state index contributed by atoms with van der Waals surface area (Å²) in [6.45, 7) is 1.39. The van der Waals surface area contributed by atoms with Crippen LogP contribution in [0, 0.1) is 5.92 Å². The lowest BCUT2D eigenvalue weighted by Gasteiger charge is -2.15. The molecule has 5 N–H and O–H groups in total. The van der Waals surface area contributed by atoms with Crippen molar-refractivity contribution in [1.29, 1.82) is 0 Å². The zero-order chi connectivity index (χ0) is 9.94. The van der Waals surface area contributed by atoms with E-state index in [0.717, 1.165) is 0 Å². The van der Waals surface area contributed by atoms with E-state index in [1.807, 2.05) is 0 Å². The standard InChI is InChI=1S/C5H12NO5P/c1-3(2-12(9,10)11)4(6)5(7)8/h3-4H,2,6H2,1H3,(H,7,8)(H2,9,10,11)/t3-,4+/m0/s1. The minimum Gasteiger partial charge on any atom is -0.480 e. The van der Waals surface area contributed by atoms with Crippen LogP contribution in [0.15, 0.2) is 0 Å². The topological polar surface area (TPSA) is 121 Å². The molecule has 0 bridgehead atoms. The van der Waals surface area contributed by atoms with Gasteiger partial charge in [-0.05, 0) is 5.92 Å². The third-order valence-corrected chi connectivity index (χ3v) is 2.48. The zero-order valence-corrected chi connectivity index (χ0v) is 7.44. The first-order valence-electron chi connectivity index (χ1n) is 3.27. The van der Waals surface area contributed by atoms with E-state index in [0.29, 0.717) is 0 Å². The van der Waals surface area contributed by atoms with Crippen LogP contribution in [0.1, 0.15) is 6.92 Å². The van der Waals surface area contributed by atoms with Crippen LogP contribution in [0.3, 0.4) is 0 Å². The largest absolute Gasteiger partial charge is 0.480 e. The highest BCUT2D eigenvalue weighted by molar-refractivity contribution is 7.51. The van der Waals surface area contributed by atoms with Gasteiger partial charge in [0.2, 0.25) is 0 Å². The van der Waals surface area contributed by atoms with E-state index in [2.05, 4.69) is 0 Å². The highest BCUT2D eigenvalue weighted by atomic mass is 31.2. The number of carbonyl (C=O) groups is 1. The van der Waals surface area contributed by atoms with Gasteiger partial charge in [0, 0.05) is 0 Å². The Hall–Kier alpha value is -0.420. The number of carboxylic acid groups (broad SMARTS) is 1. The summed E-state index contributed by atoms with van der Waals surface area (Å²) in [5.74, 6) is -1.99. The molecule has 12 heavy (non-hydrogen) atoms. The van der Waals surface area contributed by atoms with E-state index in [1.54, 1.807) is 0 Å². The van der Waals surface area contributed by atoms with Crippen molar-refractivity contribution in [1.82, 2.24) is 0 Å². The fourth-order valence-corrected chi connectivity index (χ4v) is 1.71. The van der Waals surface area contributed by atoms with Gasteiger partial charge in [0.05, 0.1) is 6.16 Å². The van der Waals surface area contributed by atoms with Crippen molar-refractivity contribution in [2.45, 2.75) is 13.0 Å². The molecule has 0 aliphatic carbocycles. The maximum atomic E-state index is 10.4. The van der Waals surface area contributed by atoms with Gasteiger partial charge in [0.25, 0.3) is 0 Å². The maximum Gasteiger partial charge on any atom is 0.325 e. The van der Waals surface area contributed by atoms with Crippen molar-refractivity contribution in [3.05, 3.63) is 0 Å². The van der Waals surface area contributed by atoms with Crippen LogP contribution in [-0.2, 0) is 9.36 Å². The number of hydrogen-bond acceptors (Lipinski definition) is 3. The SMILES string of the molecule is C[C@@H](CP(=O)(O)O)[C@@H](N)C(=O)O. The third kappa shape index (κ3) is 4.46. The summed E-state index contributed by atoms with van der Waals surface area (Å²) < 4.78 is 10.4. The number of nitrogens with two attached hydrogens (primary N) is 1. The number of carboxylic acids is 1. The van der Waals surface area contributed by atoms with Gasteiger partial charge in [-0.1, -0.05) is 6.92 Å². The van der Waals surface area contributed by atoms with Crippen molar-refractivity contribution in [3.63, 3.8) is 0 Å². The van der Waals surface area contributed by atoms with Crippen LogP contribution in [0.25, 0.3) is 0 Å². The monoisotopic (exact) mass is 197 g/mol. The lowest BCUT2D eigenvalue weighted by Crippen LogP contribution is -2.38. The highest BCUT2D eigenvalue weighted by Gasteiger charge is 2.26. The van der Waals surface area contributed by atoms with Gasteiger partial charge in [-0.25, -0.2) is 0 Å². The summed E-state index contributed by atoms with van der Waals surface area (Å²) >= 11 is 0. The Labute approximate surface area is 69.5 Å². The van der Waals surface area contributed by atoms with Gasteiger partial charge in [0.1, 0.15) is 6.04 Å². The molecule has 0 aromatic rings. The van der Waals surface area contributed by atoms with Gasteiger partial charge >= 0.3 is 13.6 Å². The van der Waals surface area contributed by atoms with E-state index in [4.69, 9.17) is 20.6 Å². The maximum absolute atomic E-state index is 10.4. The van der Waals surface area contributed by atoms with E-state index in [1.165, 1.54) is 6.92 Å². The highest BCUT2D eigenvalue weighted by Crippen LogP contribution is 2.37. The average molecular weight is 197 g/mol. The molecule has 0 unspecified atom stereocenters. The molecular weight excluding hydrogens is 185 g/mol. The van der Waals surface area contributed by atoms with Gasteiger partial charge < -0.3 is 20.6 Å². The summed E-state index contributed by atoms with van der Waals surface area (Å²) in [6.07, 6.45) is -0.500. The van der Waals surface area contributed by atoms with Crippen LogP contribution in [0.2, 0.25) is 0 Å². The van der Waals surface area contributed by atoms with Crippen LogP contribution in [0.5, 0.6) is 0 Å². The molecule has 0 radical (unpaired) electrons. The van der Waals surface area contributed by atoms with Crippen molar-refractivity contribution >= 4 is 13.6 Å². The van der Waals surface area contributed by atoms with Crippen LogP contribution in [0.4, 0.5) is 0 Å². The van der Waals surface area contributed by atoms with E-state index >= 15 is 0 Å². The summed E-state index contributed by atoms with van der Waals surface area (Å²) in [7, 11) is -4.16. The summed E-state index contributed by atoms with van der Waals surface area (Å²) in [5, 5.41) is 8.37. The van der Waals surface area contributed by atoms with E-state index in [-0.39, 0.29) is 0 Å². The molecular formula is C5H12NO5P. The Morgan fingerprint density at radius 3 is 2.25 bits per heavy atom. The molecule has 0 saturated heterocycles. The summed E-state index contributed by atoms with van der Waals surface area (Å²) in [6, 6.07) is -1.22. The van der Waals surface area contributed by atoms with Crippen LogP contribution >= 0.6 is 7.60 Å². The van der Waals surface area contributed by atoms with Crippen LogP contribution in [-0.4, -0.2) is 33.1 Å². The van der Waals surface area contributed by atoms with E-state index < -0.39 is 31.7 Å². The Kier molecular flexibility index (Phi) is 3.86. The Bertz CT molecular complexity index is 212. The second-order valence-electron chi connectivity index (χ2n) is 2.69. The minimum atomic E-state index is -4.16. The molecule has 0 aliphatic rings. The van der Waals surface area contributed by atoms with E-state index in [9.17, 15) is 9.36 Å². The molecule has 7 heteroatoms. The molecule has 0 aromatic carbocycles. The van der Waals surface area contributed by atoms with Gasteiger partial charge in [-0.2, -0.15) is 0 Å². The number of hydrogen-bond donors (Lipinski definition) is 4. The second-order valence-corrected chi connectivity index (χ2v) is 4.38. The smallest absolute Gasteiger partial charge is 0.325 e. The van der Waals surface area contributed by atoms with Crippen molar-refractivity contribution < 1.29 is 24.3 Å². The molecule has 0 amide bonds.